The van der Waals surface area contributed by atoms with Crippen LogP contribution in [-0.4, -0.2) is 0 Å². The molecule has 0 fully saturated rings. The van der Waals surface area contributed by atoms with Gasteiger partial charge in [-0.15, -0.1) is 0 Å². The quantitative estimate of drug-likeness (QED) is 0.176. The minimum atomic E-state index is 0.878. The van der Waals surface area contributed by atoms with Gasteiger partial charge in [0.25, 0.3) is 0 Å². The Morgan fingerprint density at radius 2 is 0.750 bits per heavy atom. The van der Waals surface area contributed by atoms with E-state index in [1.165, 1.54) is 75.4 Å². The second kappa shape index (κ2) is 10.3. The first-order valence-electron chi connectivity index (χ1n) is 17.9. The van der Waals surface area contributed by atoms with E-state index in [-0.39, 0.29) is 0 Å². The fourth-order valence-electron chi connectivity index (χ4n) is 9.01. The van der Waals surface area contributed by atoms with Crippen LogP contribution in [0.5, 0.6) is 0 Å². The number of nitrogens with zero attached hydrogens (tertiary/aromatic N) is 1. The summed E-state index contributed by atoms with van der Waals surface area (Å²) in [7, 11) is 0. The highest BCUT2D eigenvalue weighted by molar-refractivity contribution is 6.37. The minimum absolute atomic E-state index is 0.878. The fraction of sp³-hybridized carbons (Fsp3) is 0. The SMILES string of the molecule is c1ccc2cc(N(c3ccc4c(c3)oc3ccccc34)c3cc4ccc5cccc6c7cccc8ccc9cccc(c(c3)c4c56)c9c87)ccc2c1. The van der Waals surface area contributed by atoms with Crippen LogP contribution < -0.4 is 4.90 Å². The first-order valence-corrected chi connectivity index (χ1v) is 17.9. The summed E-state index contributed by atoms with van der Waals surface area (Å²) in [5, 5.41) is 20.0. The highest BCUT2D eigenvalue weighted by Crippen LogP contribution is 2.47. The zero-order valence-corrected chi connectivity index (χ0v) is 28.1. The van der Waals surface area contributed by atoms with Crippen LogP contribution in [0.25, 0.3) is 97.3 Å². The summed E-state index contributed by atoms with van der Waals surface area (Å²) in [6.45, 7) is 0. The van der Waals surface area contributed by atoms with E-state index in [1.54, 1.807) is 0 Å². The zero-order chi connectivity index (χ0) is 33.9. The Morgan fingerprint density at radius 1 is 0.269 bits per heavy atom. The Labute approximate surface area is 298 Å². The molecule has 0 aliphatic rings. The van der Waals surface area contributed by atoms with Gasteiger partial charge >= 0.3 is 0 Å². The molecule has 240 valence electrons. The third-order valence-electron chi connectivity index (χ3n) is 11.3. The Kier molecular flexibility index (Phi) is 5.53. The van der Waals surface area contributed by atoms with E-state index < -0.39 is 0 Å². The molecule has 1 heterocycles. The van der Waals surface area contributed by atoms with Gasteiger partial charge in [0.15, 0.2) is 0 Å². The molecular formula is C50H29NO. The van der Waals surface area contributed by atoms with Gasteiger partial charge in [0.2, 0.25) is 0 Å². The van der Waals surface area contributed by atoms with Crippen LogP contribution in [0, 0.1) is 0 Å². The second-order valence-electron chi connectivity index (χ2n) is 14.1. The molecule has 0 spiro atoms. The molecule has 0 atom stereocenters. The van der Waals surface area contributed by atoms with E-state index in [0.717, 1.165) is 39.0 Å². The molecule has 0 amide bonds. The molecule has 2 heteroatoms. The van der Waals surface area contributed by atoms with Crippen molar-refractivity contribution in [2.45, 2.75) is 0 Å². The molecule has 12 rings (SSSR count). The second-order valence-corrected chi connectivity index (χ2v) is 14.1. The van der Waals surface area contributed by atoms with E-state index in [0.29, 0.717) is 0 Å². The topological polar surface area (TPSA) is 16.4 Å². The third-order valence-corrected chi connectivity index (χ3v) is 11.3. The average Bonchev–Trinajstić information content (AvgIpc) is 3.57. The number of benzene rings is 10. The van der Waals surface area contributed by atoms with Crippen LogP contribution in [0.4, 0.5) is 17.1 Å². The molecule has 0 bridgehead atoms. The van der Waals surface area contributed by atoms with Crippen molar-refractivity contribution in [1.82, 2.24) is 0 Å². The van der Waals surface area contributed by atoms with Gasteiger partial charge in [-0.05, 0) is 118 Å². The molecule has 0 aliphatic carbocycles. The van der Waals surface area contributed by atoms with Crippen molar-refractivity contribution in [3.05, 3.63) is 176 Å². The highest BCUT2D eigenvalue weighted by atomic mass is 16.3. The summed E-state index contributed by atoms with van der Waals surface area (Å²) in [6.07, 6.45) is 0. The molecule has 52 heavy (non-hydrogen) atoms. The molecule has 2 nitrogen and oxygen atoms in total. The summed E-state index contributed by atoms with van der Waals surface area (Å²) in [5.74, 6) is 0. The van der Waals surface area contributed by atoms with Gasteiger partial charge in [-0.3, -0.25) is 0 Å². The summed E-state index contributed by atoms with van der Waals surface area (Å²) >= 11 is 0. The first-order chi connectivity index (χ1) is 25.8. The molecule has 0 unspecified atom stereocenters. The van der Waals surface area contributed by atoms with Crippen LogP contribution in [0.3, 0.4) is 0 Å². The zero-order valence-electron chi connectivity index (χ0n) is 28.1. The molecule has 0 saturated carbocycles. The normalized spacial score (nSPS) is 12.2. The maximum absolute atomic E-state index is 6.46. The summed E-state index contributed by atoms with van der Waals surface area (Å²) in [5.41, 5.74) is 5.02. The number of furan rings is 1. The van der Waals surface area contributed by atoms with E-state index in [9.17, 15) is 0 Å². The number of rotatable bonds is 3. The minimum Gasteiger partial charge on any atom is -0.456 e. The van der Waals surface area contributed by atoms with Crippen molar-refractivity contribution >= 4 is 114 Å². The molecule has 0 N–H and O–H groups in total. The number of hydrogen-bond acceptors (Lipinski definition) is 2. The van der Waals surface area contributed by atoms with Crippen molar-refractivity contribution in [3.8, 4) is 0 Å². The Hall–Kier alpha value is -6.90. The summed E-state index contributed by atoms with van der Waals surface area (Å²) < 4.78 is 6.46. The van der Waals surface area contributed by atoms with Gasteiger partial charge in [0, 0.05) is 33.9 Å². The molecule has 1 aromatic heterocycles. The van der Waals surface area contributed by atoms with Crippen molar-refractivity contribution in [2.75, 3.05) is 4.90 Å². The predicted octanol–water partition coefficient (Wildman–Crippen LogP) is 14.6. The van der Waals surface area contributed by atoms with Gasteiger partial charge in [-0.2, -0.15) is 0 Å². The van der Waals surface area contributed by atoms with Gasteiger partial charge in [0.1, 0.15) is 11.2 Å². The monoisotopic (exact) mass is 659 g/mol. The average molecular weight is 660 g/mol. The number of hydrogen-bond donors (Lipinski definition) is 0. The standard InChI is InChI=1S/C50H29NO/c1-2-9-34-26-36(23-22-30(34)8-1)51(37-24-25-40-39-13-3-4-17-45(39)52-46(40)29-37)38-27-35-21-20-33-11-6-15-42-41-14-5-10-31-18-19-32-12-7-16-43(49(32)47(31)41)44(28-38)50(35)48(33)42/h1-29H. The van der Waals surface area contributed by atoms with Crippen molar-refractivity contribution in [2.24, 2.45) is 0 Å². The summed E-state index contributed by atoms with van der Waals surface area (Å²) in [6, 6.07) is 64.6. The third kappa shape index (κ3) is 3.84. The largest absolute Gasteiger partial charge is 0.456 e. The van der Waals surface area contributed by atoms with Gasteiger partial charge in [0.05, 0.1) is 0 Å². The number of anilines is 3. The highest BCUT2D eigenvalue weighted by Gasteiger charge is 2.20. The number of fused-ring (bicyclic) bond motifs is 6. The lowest BCUT2D eigenvalue weighted by molar-refractivity contribution is 0.669. The lowest BCUT2D eigenvalue weighted by Gasteiger charge is -2.27. The van der Waals surface area contributed by atoms with Crippen LogP contribution in [-0.2, 0) is 0 Å². The van der Waals surface area contributed by atoms with Crippen molar-refractivity contribution in [1.29, 1.82) is 0 Å². The van der Waals surface area contributed by atoms with E-state index in [1.807, 2.05) is 12.1 Å². The maximum Gasteiger partial charge on any atom is 0.137 e. The molecule has 0 radical (unpaired) electrons. The van der Waals surface area contributed by atoms with Gasteiger partial charge < -0.3 is 9.32 Å². The number of para-hydroxylation sites is 1. The Bertz CT molecular complexity index is 3420. The van der Waals surface area contributed by atoms with Crippen molar-refractivity contribution in [3.63, 3.8) is 0 Å². The molecule has 11 aromatic carbocycles. The Morgan fingerprint density at radius 3 is 1.48 bits per heavy atom. The van der Waals surface area contributed by atoms with Crippen molar-refractivity contribution < 1.29 is 4.42 Å². The first kappa shape index (κ1) is 27.9. The molecule has 0 aliphatic heterocycles. The van der Waals surface area contributed by atoms with Gasteiger partial charge in [-0.1, -0.05) is 127 Å². The van der Waals surface area contributed by atoms with Crippen LogP contribution >= 0.6 is 0 Å². The van der Waals surface area contributed by atoms with Crippen LogP contribution in [0.2, 0.25) is 0 Å². The molecular weight excluding hydrogens is 631 g/mol. The van der Waals surface area contributed by atoms with Crippen LogP contribution in [0.15, 0.2) is 180 Å². The molecule has 12 aromatic rings. The van der Waals surface area contributed by atoms with Crippen LogP contribution in [0.1, 0.15) is 0 Å². The van der Waals surface area contributed by atoms with E-state index in [4.69, 9.17) is 4.42 Å². The maximum atomic E-state index is 6.46. The fourth-order valence-corrected chi connectivity index (χ4v) is 9.01. The predicted molar refractivity (Wildman–Crippen MR) is 222 cm³/mol. The lowest BCUT2D eigenvalue weighted by Crippen LogP contribution is -2.10. The van der Waals surface area contributed by atoms with E-state index in [2.05, 4.69) is 169 Å². The van der Waals surface area contributed by atoms with E-state index >= 15 is 0 Å². The summed E-state index contributed by atoms with van der Waals surface area (Å²) in [4.78, 5) is 2.40. The Balaban J connectivity index is 1.25. The lowest BCUT2D eigenvalue weighted by atomic mass is 9.87. The molecule has 0 saturated heterocycles. The van der Waals surface area contributed by atoms with Gasteiger partial charge in [-0.25, -0.2) is 0 Å². The smallest absolute Gasteiger partial charge is 0.137 e.